The van der Waals surface area contributed by atoms with Gasteiger partial charge < -0.3 is 15.0 Å². The lowest BCUT2D eigenvalue weighted by molar-refractivity contribution is -0.151. The second-order valence-electron chi connectivity index (χ2n) is 7.51. The lowest BCUT2D eigenvalue weighted by Gasteiger charge is -2.39. The zero-order valence-corrected chi connectivity index (χ0v) is 12.3. The van der Waals surface area contributed by atoms with E-state index in [4.69, 9.17) is 4.74 Å². The average Bonchev–Trinajstić information content (AvgIpc) is 3.19. The van der Waals surface area contributed by atoms with E-state index in [2.05, 4.69) is 10.2 Å². The van der Waals surface area contributed by atoms with Crippen LogP contribution in [-0.4, -0.2) is 50.2 Å². The van der Waals surface area contributed by atoms with E-state index in [-0.39, 0.29) is 5.41 Å². The predicted molar refractivity (Wildman–Crippen MR) is 76.3 cm³/mol. The summed E-state index contributed by atoms with van der Waals surface area (Å²) < 4.78 is 5.70. The number of nitrogens with zero attached hydrogens (tertiary/aromatic N) is 1. The maximum atomic E-state index is 13.1. The van der Waals surface area contributed by atoms with Gasteiger partial charge in [-0.1, -0.05) is 12.8 Å². The molecule has 0 aromatic heterocycles. The second kappa shape index (κ2) is 4.70. The molecule has 1 N–H and O–H groups in total. The van der Waals surface area contributed by atoms with Gasteiger partial charge in [0.2, 0.25) is 5.91 Å². The van der Waals surface area contributed by atoms with Crippen molar-refractivity contribution in [1.82, 2.24) is 10.2 Å². The number of ether oxygens (including phenoxy) is 1. The van der Waals surface area contributed by atoms with Crippen molar-refractivity contribution in [3.8, 4) is 0 Å². The van der Waals surface area contributed by atoms with Gasteiger partial charge in [0.05, 0.1) is 12.0 Å². The Hall–Kier alpha value is -0.610. The molecule has 4 heteroatoms. The quantitative estimate of drug-likeness (QED) is 0.788. The maximum Gasteiger partial charge on any atom is 0.232 e. The molecule has 1 amide bonds. The van der Waals surface area contributed by atoms with E-state index in [9.17, 15) is 4.79 Å². The largest absolute Gasteiger partial charge is 0.380 e. The molecule has 4 aliphatic rings. The first kappa shape index (κ1) is 13.1. The van der Waals surface area contributed by atoms with Crippen LogP contribution in [0.15, 0.2) is 0 Å². The Morgan fingerprint density at radius 1 is 1.25 bits per heavy atom. The molecule has 0 aromatic carbocycles. The number of likely N-dealkylation sites (tertiary alicyclic amines) is 1. The zero-order chi connectivity index (χ0) is 13.6. The van der Waals surface area contributed by atoms with Gasteiger partial charge in [0, 0.05) is 26.2 Å². The first-order chi connectivity index (χ1) is 9.74. The van der Waals surface area contributed by atoms with Crippen LogP contribution in [0.2, 0.25) is 0 Å². The highest BCUT2D eigenvalue weighted by molar-refractivity contribution is 5.84. The molecule has 4 fully saturated rings. The van der Waals surface area contributed by atoms with Crippen molar-refractivity contribution in [2.45, 2.75) is 38.5 Å². The van der Waals surface area contributed by atoms with Gasteiger partial charge in [-0.25, -0.2) is 0 Å². The molecule has 0 radical (unpaired) electrons. The van der Waals surface area contributed by atoms with Gasteiger partial charge in [0.25, 0.3) is 0 Å². The molecular formula is C16H26N2O2. The number of carbonyl (C=O) groups excluding carboxylic acids is 1. The van der Waals surface area contributed by atoms with Gasteiger partial charge in [-0.05, 0) is 43.6 Å². The first-order valence-electron chi connectivity index (χ1n) is 8.32. The number of amides is 1. The van der Waals surface area contributed by atoms with Crippen LogP contribution >= 0.6 is 0 Å². The molecule has 1 spiro atoms. The number of nitrogens with one attached hydrogen (secondary N) is 1. The Morgan fingerprint density at radius 2 is 2.10 bits per heavy atom. The zero-order valence-electron chi connectivity index (χ0n) is 12.3. The molecule has 20 heavy (non-hydrogen) atoms. The standard InChI is InChI=1S/C16H26N2O2/c19-14(16-10-17-9-13(16)3-8-20-12-16)18-7-6-15(11-18)4-1-2-5-15/h13,17H,1-12H2/t13-,16+/m1/s1. The third kappa shape index (κ3) is 1.84. The van der Waals surface area contributed by atoms with Crippen LogP contribution in [0.5, 0.6) is 0 Å². The van der Waals surface area contributed by atoms with Crippen molar-refractivity contribution < 1.29 is 9.53 Å². The van der Waals surface area contributed by atoms with E-state index in [0.29, 0.717) is 23.8 Å². The van der Waals surface area contributed by atoms with E-state index in [1.807, 2.05) is 0 Å². The molecule has 3 saturated heterocycles. The Morgan fingerprint density at radius 3 is 2.95 bits per heavy atom. The molecule has 4 nitrogen and oxygen atoms in total. The predicted octanol–water partition coefficient (Wildman–Crippen LogP) is 1.41. The molecule has 1 saturated carbocycles. The smallest absolute Gasteiger partial charge is 0.232 e. The Balaban J connectivity index is 1.52. The molecule has 4 rings (SSSR count). The van der Waals surface area contributed by atoms with Crippen molar-refractivity contribution >= 4 is 5.91 Å². The number of hydrogen-bond donors (Lipinski definition) is 1. The SMILES string of the molecule is O=C(N1CCC2(CCCC2)C1)[C@]12CNC[C@H]1CCOC2. The normalized spacial score (nSPS) is 39.4. The van der Waals surface area contributed by atoms with E-state index < -0.39 is 0 Å². The summed E-state index contributed by atoms with van der Waals surface area (Å²) in [5, 5.41) is 3.44. The summed E-state index contributed by atoms with van der Waals surface area (Å²) in [6, 6.07) is 0. The van der Waals surface area contributed by atoms with Crippen LogP contribution in [-0.2, 0) is 9.53 Å². The Labute approximate surface area is 121 Å². The van der Waals surface area contributed by atoms with Gasteiger partial charge in [-0.3, -0.25) is 4.79 Å². The number of hydrogen-bond acceptors (Lipinski definition) is 3. The van der Waals surface area contributed by atoms with Crippen molar-refractivity contribution in [3.63, 3.8) is 0 Å². The van der Waals surface area contributed by atoms with E-state index in [1.165, 1.54) is 32.1 Å². The van der Waals surface area contributed by atoms with Crippen LogP contribution in [0.3, 0.4) is 0 Å². The van der Waals surface area contributed by atoms with Gasteiger partial charge in [-0.2, -0.15) is 0 Å². The average molecular weight is 278 g/mol. The topological polar surface area (TPSA) is 41.6 Å². The van der Waals surface area contributed by atoms with Crippen LogP contribution in [0, 0.1) is 16.7 Å². The van der Waals surface area contributed by atoms with Crippen LogP contribution < -0.4 is 5.32 Å². The van der Waals surface area contributed by atoms with Gasteiger partial charge >= 0.3 is 0 Å². The van der Waals surface area contributed by atoms with Crippen LogP contribution in [0.25, 0.3) is 0 Å². The summed E-state index contributed by atoms with van der Waals surface area (Å²) in [6.07, 6.45) is 7.66. The highest BCUT2D eigenvalue weighted by Crippen LogP contribution is 2.47. The Kier molecular flexibility index (Phi) is 3.08. The molecule has 3 aliphatic heterocycles. The first-order valence-corrected chi connectivity index (χ1v) is 8.32. The minimum Gasteiger partial charge on any atom is -0.380 e. The van der Waals surface area contributed by atoms with Gasteiger partial charge in [0.1, 0.15) is 0 Å². The third-order valence-electron chi connectivity index (χ3n) is 6.40. The highest BCUT2D eigenvalue weighted by atomic mass is 16.5. The summed E-state index contributed by atoms with van der Waals surface area (Å²) in [4.78, 5) is 15.3. The number of carbonyl (C=O) groups is 1. The second-order valence-corrected chi connectivity index (χ2v) is 7.51. The monoisotopic (exact) mass is 278 g/mol. The van der Waals surface area contributed by atoms with Gasteiger partial charge in [0.15, 0.2) is 0 Å². The highest BCUT2D eigenvalue weighted by Gasteiger charge is 2.54. The Bertz CT molecular complexity index is 405. The fraction of sp³-hybridized carbons (Fsp3) is 0.938. The van der Waals surface area contributed by atoms with Crippen molar-refractivity contribution in [3.05, 3.63) is 0 Å². The summed E-state index contributed by atoms with van der Waals surface area (Å²) >= 11 is 0. The molecule has 0 aromatic rings. The van der Waals surface area contributed by atoms with Crippen LogP contribution in [0.4, 0.5) is 0 Å². The lowest BCUT2D eigenvalue weighted by atomic mass is 9.74. The van der Waals surface area contributed by atoms with Crippen molar-refractivity contribution in [2.24, 2.45) is 16.7 Å². The van der Waals surface area contributed by atoms with E-state index in [0.717, 1.165) is 39.2 Å². The van der Waals surface area contributed by atoms with E-state index in [1.54, 1.807) is 0 Å². The lowest BCUT2D eigenvalue weighted by Crippen LogP contribution is -2.53. The van der Waals surface area contributed by atoms with E-state index >= 15 is 0 Å². The summed E-state index contributed by atoms with van der Waals surface area (Å²) in [7, 11) is 0. The van der Waals surface area contributed by atoms with Gasteiger partial charge in [-0.15, -0.1) is 0 Å². The number of fused-ring (bicyclic) bond motifs is 1. The summed E-state index contributed by atoms with van der Waals surface area (Å²) in [6.45, 7) is 5.26. The minimum absolute atomic E-state index is 0.248. The molecule has 112 valence electrons. The maximum absolute atomic E-state index is 13.1. The molecule has 0 unspecified atom stereocenters. The molecular weight excluding hydrogens is 252 g/mol. The number of rotatable bonds is 1. The summed E-state index contributed by atoms with van der Waals surface area (Å²) in [5.41, 5.74) is 0.228. The third-order valence-corrected chi connectivity index (χ3v) is 6.40. The molecule has 0 bridgehead atoms. The van der Waals surface area contributed by atoms with Crippen molar-refractivity contribution in [1.29, 1.82) is 0 Å². The fourth-order valence-electron chi connectivity index (χ4n) is 5.10. The molecule has 1 aliphatic carbocycles. The minimum atomic E-state index is -0.248. The molecule has 2 atom stereocenters. The van der Waals surface area contributed by atoms with Crippen LogP contribution in [0.1, 0.15) is 38.5 Å². The fourth-order valence-corrected chi connectivity index (χ4v) is 5.10. The molecule has 3 heterocycles. The summed E-state index contributed by atoms with van der Waals surface area (Å²) in [5.74, 6) is 0.875. The van der Waals surface area contributed by atoms with Crippen molar-refractivity contribution in [2.75, 3.05) is 39.4 Å².